The van der Waals surface area contributed by atoms with Crippen LogP contribution in [0.4, 0.5) is 0 Å². The molecule has 0 bridgehead atoms. The van der Waals surface area contributed by atoms with Crippen LogP contribution in [-0.2, 0) is 11.2 Å². The second-order valence-corrected chi connectivity index (χ2v) is 5.12. The number of hydrogen-bond acceptors (Lipinski definition) is 3. The van der Waals surface area contributed by atoms with Crippen molar-refractivity contribution < 1.29 is 14.3 Å². The second kappa shape index (κ2) is 7.62. The molecule has 0 unspecified atom stereocenters. The maximum Gasteiger partial charge on any atom is 0.227 e. The Morgan fingerprint density at radius 2 is 1.95 bits per heavy atom. The number of carbonyl (C=O) groups excluding carboxylic acids is 2. The molecule has 0 radical (unpaired) electrons. The average molecular weight is 289 g/mol. The van der Waals surface area contributed by atoms with Gasteiger partial charge in [-0.25, -0.2) is 0 Å². The monoisotopic (exact) mass is 289 g/mol. The number of benzene rings is 1. The molecule has 0 aromatic heterocycles. The maximum atomic E-state index is 12.4. The zero-order valence-electron chi connectivity index (χ0n) is 13.2. The van der Waals surface area contributed by atoms with Gasteiger partial charge >= 0.3 is 0 Å². The molecule has 0 saturated heterocycles. The van der Waals surface area contributed by atoms with Gasteiger partial charge in [-0.1, -0.05) is 12.2 Å². The number of carbonyl (C=O) groups is 2. The van der Waals surface area contributed by atoms with Gasteiger partial charge in [-0.3, -0.25) is 9.59 Å². The Kier molecular flexibility index (Phi) is 6.15. The highest BCUT2D eigenvalue weighted by Crippen LogP contribution is 2.21. The van der Waals surface area contributed by atoms with Gasteiger partial charge in [-0.15, -0.1) is 0 Å². The number of ketones is 1. The first-order valence-corrected chi connectivity index (χ1v) is 6.99. The summed E-state index contributed by atoms with van der Waals surface area (Å²) in [5.41, 5.74) is 2.26. The minimum absolute atomic E-state index is 0.000461. The Hall–Kier alpha value is -2.10. The molecule has 0 aliphatic carbocycles. The van der Waals surface area contributed by atoms with Crippen molar-refractivity contribution in [2.24, 2.45) is 0 Å². The van der Waals surface area contributed by atoms with Gasteiger partial charge in [0.15, 0.2) is 5.78 Å². The lowest BCUT2D eigenvalue weighted by molar-refractivity contribution is -0.129. The summed E-state index contributed by atoms with van der Waals surface area (Å²) in [5, 5.41) is 0. The molecule has 0 fully saturated rings. The van der Waals surface area contributed by atoms with E-state index in [1.807, 2.05) is 13.8 Å². The second-order valence-electron chi connectivity index (χ2n) is 5.12. The fraction of sp³-hybridized carbons (Fsp3) is 0.412. The standard InChI is InChI=1S/C17H23NO3/c1-6-18(11-12(2)3)17(20)10-15-9-14(13(4)19)7-8-16(15)21-5/h7-9H,2,6,10-11H2,1,3-5H3. The Balaban J connectivity index is 2.99. The van der Waals surface area contributed by atoms with Crippen LogP contribution in [0.5, 0.6) is 5.75 Å². The summed E-state index contributed by atoms with van der Waals surface area (Å²) in [7, 11) is 1.56. The molecule has 4 nitrogen and oxygen atoms in total. The van der Waals surface area contributed by atoms with Crippen LogP contribution >= 0.6 is 0 Å². The molecule has 0 aliphatic heterocycles. The van der Waals surface area contributed by atoms with Crippen molar-refractivity contribution in [1.29, 1.82) is 0 Å². The van der Waals surface area contributed by atoms with Crippen molar-refractivity contribution in [1.82, 2.24) is 4.90 Å². The van der Waals surface area contributed by atoms with Crippen LogP contribution in [0.25, 0.3) is 0 Å². The van der Waals surface area contributed by atoms with E-state index in [1.54, 1.807) is 30.2 Å². The first kappa shape index (κ1) is 17.0. The van der Waals surface area contributed by atoms with Crippen LogP contribution < -0.4 is 4.74 Å². The number of hydrogen-bond donors (Lipinski definition) is 0. The molecular weight excluding hydrogens is 266 g/mol. The van der Waals surface area contributed by atoms with Crippen molar-refractivity contribution in [3.63, 3.8) is 0 Å². The third-order valence-electron chi connectivity index (χ3n) is 3.22. The van der Waals surface area contributed by atoms with E-state index in [-0.39, 0.29) is 18.1 Å². The van der Waals surface area contributed by atoms with Crippen LogP contribution in [0.2, 0.25) is 0 Å². The summed E-state index contributed by atoms with van der Waals surface area (Å²) in [5.74, 6) is 0.597. The fourth-order valence-electron chi connectivity index (χ4n) is 2.11. The fourth-order valence-corrected chi connectivity index (χ4v) is 2.11. The van der Waals surface area contributed by atoms with Gasteiger partial charge in [-0.05, 0) is 39.0 Å². The summed E-state index contributed by atoms with van der Waals surface area (Å²) in [6.07, 6.45) is 0.214. The van der Waals surface area contributed by atoms with E-state index in [0.717, 1.165) is 11.1 Å². The molecule has 1 rings (SSSR count). The summed E-state index contributed by atoms with van der Waals surface area (Å²) >= 11 is 0. The number of Topliss-reactive ketones (excluding diaryl/α,β-unsaturated/α-hetero) is 1. The van der Waals surface area contributed by atoms with Gasteiger partial charge in [0.1, 0.15) is 5.75 Å². The number of ether oxygens (including phenoxy) is 1. The zero-order valence-corrected chi connectivity index (χ0v) is 13.2. The van der Waals surface area contributed by atoms with Crippen LogP contribution in [-0.4, -0.2) is 36.8 Å². The molecule has 0 heterocycles. The van der Waals surface area contributed by atoms with Crippen molar-refractivity contribution in [3.05, 3.63) is 41.5 Å². The van der Waals surface area contributed by atoms with Gasteiger partial charge in [-0.2, -0.15) is 0 Å². The Bertz CT molecular complexity index is 549. The lowest BCUT2D eigenvalue weighted by Gasteiger charge is -2.21. The molecule has 0 aliphatic rings. The molecule has 1 amide bonds. The SMILES string of the molecule is C=C(C)CN(CC)C(=O)Cc1cc(C(C)=O)ccc1OC. The highest BCUT2D eigenvalue weighted by molar-refractivity contribution is 5.94. The first-order valence-electron chi connectivity index (χ1n) is 6.99. The molecule has 0 spiro atoms. The quantitative estimate of drug-likeness (QED) is 0.573. The minimum Gasteiger partial charge on any atom is -0.496 e. The van der Waals surface area contributed by atoms with Crippen LogP contribution in [0.15, 0.2) is 30.4 Å². The van der Waals surface area contributed by atoms with Crippen molar-refractivity contribution in [2.75, 3.05) is 20.2 Å². The third kappa shape index (κ3) is 4.74. The van der Waals surface area contributed by atoms with Gasteiger partial charge in [0.25, 0.3) is 0 Å². The summed E-state index contributed by atoms with van der Waals surface area (Å²) in [6, 6.07) is 5.17. The topological polar surface area (TPSA) is 46.6 Å². The van der Waals surface area contributed by atoms with Crippen LogP contribution in [0.1, 0.15) is 36.7 Å². The lowest BCUT2D eigenvalue weighted by Crippen LogP contribution is -2.33. The number of rotatable bonds is 7. The maximum absolute atomic E-state index is 12.4. The molecule has 114 valence electrons. The number of amides is 1. The predicted molar refractivity (Wildman–Crippen MR) is 83.8 cm³/mol. The predicted octanol–water partition coefficient (Wildman–Crippen LogP) is 2.86. The summed E-state index contributed by atoms with van der Waals surface area (Å²) in [6.45, 7) is 10.3. The van der Waals surface area contributed by atoms with E-state index in [4.69, 9.17) is 4.74 Å². The van der Waals surface area contributed by atoms with Crippen molar-refractivity contribution in [3.8, 4) is 5.75 Å². The zero-order chi connectivity index (χ0) is 16.0. The largest absolute Gasteiger partial charge is 0.496 e. The summed E-state index contributed by atoms with van der Waals surface area (Å²) < 4.78 is 5.28. The van der Waals surface area contributed by atoms with E-state index in [1.165, 1.54) is 6.92 Å². The van der Waals surface area contributed by atoms with E-state index in [0.29, 0.717) is 24.4 Å². The molecule has 0 saturated carbocycles. The minimum atomic E-state index is -0.0272. The average Bonchev–Trinajstić information content (AvgIpc) is 2.44. The smallest absolute Gasteiger partial charge is 0.227 e. The van der Waals surface area contributed by atoms with Gasteiger partial charge in [0, 0.05) is 24.2 Å². The number of likely N-dealkylation sites (N-methyl/N-ethyl adjacent to an activating group) is 1. The third-order valence-corrected chi connectivity index (χ3v) is 3.22. The van der Waals surface area contributed by atoms with Gasteiger partial charge in [0.05, 0.1) is 13.5 Å². The number of nitrogens with zero attached hydrogens (tertiary/aromatic N) is 1. The van der Waals surface area contributed by atoms with Crippen LogP contribution in [0.3, 0.4) is 0 Å². The molecule has 0 atom stereocenters. The first-order chi connectivity index (χ1) is 9.88. The van der Waals surface area contributed by atoms with Crippen LogP contribution in [0, 0.1) is 0 Å². The highest BCUT2D eigenvalue weighted by atomic mass is 16.5. The van der Waals surface area contributed by atoms with Gasteiger partial charge in [0.2, 0.25) is 5.91 Å². The molecule has 1 aromatic rings. The lowest BCUT2D eigenvalue weighted by atomic mass is 10.0. The molecule has 1 aromatic carbocycles. The Labute approximate surface area is 126 Å². The number of methoxy groups -OCH3 is 1. The van der Waals surface area contributed by atoms with E-state index >= 15 is 0 Å². The molecule has 21 heavy (non-hydrogen) atoms. The van der Waals surface area contributed by atoms with Crippen molar-refractivity contribution >= 4 is 11.7 Å². The summed E-state index contributed by atoms with van der Waals surface area (Å²) in [4.78, 5) is 25.6. The van der Waals surface area contributed by atoms with Gasteiger partial charge < -0.3 is 9.64 Å². The van der Waals surface area contributed by atoms with E-state index in [2.05, 4.69) is 6.58 Å². The molecule has 4 heteroatoms. The van der Waals surface area contributed by atoms with E-state index in [9.17, 15) is 9.59 Å². The van der Waals surface area contributed by atoms with Crippen molar-refractivity contribution in [2.45, 2.75) is 27.2 Å². The molecular formula is C17H23NO3. The molecule has 0 N–H and O–H groups in total. The highest BCUT2D eigenvalue weighted by Gasteiger charge is 2.16. The van der Waals surface area contributed by atoms with E-state index < -0.39 is 0 Å². The normalized spacial score (nSPS) is 10.1. The Morgan fingerprint density at radius 3 is 2.43 bits per heavy atom. The Morgan fingerprint density at radius 1 is 1.29 bits per heavy atom.